The molecule has 0 aliphatic carbocycles. The summed E-state index contributed by atoms with van der Waals surface area (Å²) in [5, 5.41) is 0.480. The number of aliphatic imine (C=N–C) groups is 1. The van der Waals surface area contributed by atoms with Crippen LogP contribution in [0.1, 0.15) is 25.8 Å². The van der Waals surface area contributed by atoms with Crippen molar-refractivity contribution in [3.8, 4) is 0 Å². The van der Waals surface area contributed by atoms with Crippen LogP contribution in [0.25, 0.3) is 0 Å². The van der Waals surface area contributed by atoms with Gasteiger partial charge in [-0.3, -0.25) is 4.79 Å². The molecule has 2 fully saturated rings. The molecule has 2 heterocycles. The standard InChI is InChI=1S/C17H21FN2O3S2/c1-3-11(2)16(21)19-17-20(8-12-4-6-13(18)7-5-12)14-9-25(22,23)10-15(14)24-17/h4-7,11,14-15H,3,8-10H2,1-2H3. The fourth-order valence-electron chi connectivity index (χ4n) is 2.99. The average molecular weight is 384 g/mol. The Morgan fingerprint density at radius 2 is 2.04 bits per heavy atom. The Hall–Kier alpha value is -1.41. The van der Waals surface area contributed by atoms with Gasteiger partial charge < -0.3 is 4.90 Å². The molecule has 25 heavy (non-hydrogen) atoms. The van der Waals surface area contributed by atoms with Crippen LogP contribution in [0.4, 0.5) is 4.39 Å². The summed E-state index contributed by atoms with van der Waals surface area (Å²) in [4.78, 5) is 18.4. The third kappa shape index (κ3) is 4.06. The highest BCUT2D eigenvalue weighted by Gasteiger charge is 2.48. The summed E-state index contributed by atoms with van der Waals surface area (Å²) in [6.07, 6.45) is 0.708. The van der Waals surface area contributed by atoms with E-state index >= 15 is 0 Å². The molecule has 8 heteroatoms. The van der Waals surface area contributed by atoms with Crippen LogP contribution in [-0.2, 0) is 21.2 Å². The quantitative estimate of drug-likeness (QED) is 0.798. The first kappa shape index (κ1) is 18.4. The van der Waals surface area contributed by atoms with Crippen molar-refractivity contribution in [3.05, 3.63) is 35.6 Å². The Labute approximate surface area is 151 Å². The molecule has 136 valence electrons. The number of sulfone groups is 1. The fraction of sp³-hybridized carbons (Fsp3) is 0.529. The number of hydrogen-bond acceptors (Lipinski definition) is 4. The molecule has 0 spiro atoms. The Morgan fingerprint density at radius 3 is 2.68 bits per heavy atom. The van der Waals surface area contributed by atoms with Gasteiger partial charge in [-0.05, 0) is 24.1 Å². The molecule has 0 radical (unpaired) electrons. The van der Waals surface area contributed by atoms with Gasteiger partial charge in [-0.2, -0.15) is 4.99 Å². The first-order valence-electron chi connectivity index (χ1n) is 8.29. The van der Waals surface area contributed by atoms with Crippen molar-refractivity contribution in [2.75, 3.05) is 11.5 Å². The van der Waals surface area contributed by atoms with E-state index in [0.717, 1.165) is 5.56 Å². The molecule has 3 rings (SSSR count). The van der Waals surface area contributed by atoms with Crippen LogP contribution >= 0.6 is 11.8 Å². The lowest BCUT2D eigenvalue weighted by molar-refractivity contribution is -0.121. The number of carbonyl (C=O) groups excluding carboxylic acids is 1. The summed E-state index contributed by atoms with van der Waals surface area (Å²) in [6.45, 7) is 4.18. The maximum atomic E-state index is 13.1. The number of amidine groups is 1. The second-order valence-electron chi connectivity index (χ2n) is 6.60. The number of halogens is 1. The van der Waals surface area contributed by atoms with Crippen molar-refractivity contribution in [2.45, 2.75) is 38.1 Å². The molecule has 2 saturated heterocycles. The van der Waals surface area contributed by atoms with E-state index in [-0.39, 0.29) is 40.4 Å². The molecular formula is C17H21FN2O3S2. The van der Waals surface area contributed by atoms with Crippen LogP contribution in [0.2, 0.25) is 0 Å². The van der Waals surface area contributed by atoms with Gasteiger partial charge in [0.2, 0.25) is 0 Å². The van der Waals surface area contributed by atoms with Crippen molar-refractivity contribution < 1.29 is 17.6 Å². The Morgan fingerprint density at radius 1 is 1.36 bits per heavy atom. The lowest BCUT2D eigenvalue weighted by Crippen LogP contribution is -2.37. The minimum atomic E-state index is -3.07. The van der Waals surface area contributed by atoms with E-state index < -0.39 is 9.84 Å². The molecule has 0 aromatic heterocycles. The largest absolute Gasteiger partial charge is 0.342 e. The zero-order chi connectivity index (χ0) is 18.2. The van der Waals surface area contributed by atoms with E-state index in [2.05, 4.69) is 4.99 Å². The fourth-order valence-corrected chi connectivity index (χ4v) is 6.94. The lowest BCUT2D eigenvalue weighted by atomic mass is 10.1. The van der Waals surface area contributed by atoms with Crippen LogP contribution in [0.5, 0.6) is 0 Å². The van der Waals surface area contributed by atoms with Crippen molar-refractivity contribution in [2.24, 2.45) is 10.9 Å². The van der Waals surface area contributed by atoms with Gasteiger partial charge in [0.05, 0.1) is 17.5 Å². The summed E-state index contributed by atoms with van der Waals surface area (Å²) in [6, 6.07) is 5.91. The van der Waals surface area contributed by atoms with Gasteiger partial charge in [-0.25, -0.2) is 12.8 Å². The van der Waals surface area contributed by atoms with Crippen molar-refractivity contribution >= 4 is 32.7 Å². The van der Waals surface area contributed by atoms with E-state index in [1.165, 1.54) is 23.9 Å². The van der Waals surface area contributed by atoms with Gasteiger partial charge >= 0.3 is 0 Å². The highest BCUT2D eigenvalue weighted by molar-refractivity contribution is 8.15. The van der Waals surface area contributed by atoms with Crippen LogP contribution in [-0.4, -0.2) is 47.2 Å². The molecule has 2 aliphatic heterocycles. The van der Waals surface area contributed by atoms with E-state index in [1.807, 2.05) is 18.7 Å². The predicted octanol–water partition coefficient (Wildman–Crippen LogP) is 2.47. The first-order valence-corrected chi connectivity index (χ1v) is 11.0. The van der Waals surface area contributed by atoms with Crippen molar-refractivity contribution in [1.82, 2.24) is 4.90 Å². The second-order valence-corrected chi connectivity index (χ2v) is 9.96. The summed E-state index contributed by atoms with van der Waals surface area (Å²) >= 11 is 1.37. The molecule has 0 saturated carbocycles. The number of amides is 1. The van der Waals surface area contributed by atoms with Crippen LogP contribution in [0.15, 0.2) is 29.3 Å². The number of rotatable bonds is 4. The van der Waals surface area contributed by atoms with Gasteiger partial charge in [0.15, 0.2) is 15.0 Å². The van der Waals surface area contributed by atoms with E-state index in [1.54, 1.807) is 12.1 Å². The summed E-state index contributed by atoms with van der Waals surface area (Å²) in [5.41, 5.74) is 0.857. The van der Waals surface area contributed by atoms with E-state index in [9.17, 15) is 17.6 Å². The number of benzene rings is 1. The molecule has 3 unspecified atom stereocenters. The lowest BCUT2D eigenvalue weighted by Gasteiger charge is -2.24. The van der Waals surface area contributed by atoms with Gasteiger partial charge in [0, 0.05) is 17.7 Å². The highest BCUT2D eigenvalue weighted by atomic mass is 32.2. The molecule has 1 amide bonds. The van der Waals surface area contributed by atoms with Gasteiger partial charge in [0.1, 0.15) is 5.82 Å². The van der Waals surface area contributed by atoms with Crippen molar-refractivity contribution in [3.63, 3.8) is 0 Å². The van der Waals surface area contributed by atoms with Crippen LogP contribution in [0.3, 0.4) is 0 Å². The Kier molecular flexibility index (Phi) is 5.20. The zero-order valence-corrected chi connectivity index (χ0v) is 15.8. The first-order chi connectivity index (χ1) is 11.8. The number of fused-ring (bicyclic) bond motifs is 1. The SMILES string of the molecule is CCC(C)C(=O)N=C1SC2CS(=O)(=O)CC2N1Cc1ccc(F)cc1. The van der Waals surface area contributed by atoms with Crippen LogP contribution in [0, 0.1) is 11.7 Å². The third-order valence-corrected chi connectivity index (χ3v) is 7.93. The molecule has 1 aromatic rings. The molecular weight excluding hydrogens is 363 g/mol. The summed E-state index contributed by atoms with van der Waals surface area (Å²) in [5.74, 6) is -0.482. The van der Waals surface area contributed by atoms with Gasteiger partial charge in [-0.15, -0.1) is 0 Å². The van der Waals surface area contributed by atoms with E-state index in [0.29, 0.717) is 18.1 Å². The number of hydrogen-bond donors (Lipinski definition) is 0. The Balaban J connectivity index is 1.88. The molecule has 0 bridgehead atoms. The Bertz CT molecular complexity index is 793. The van der Waals surface area contributed by atoms with Crippen molar-refractivity contribution in [1.29, 1.82) is 0 Å². The molecule has 0 N–H and O–H groups in total. The monoisotopic (exact) mass is 384 g/mol. The molecule has 1 aromatic carbocycles. The van der Waals surface area contributed by atoms with Gasteiger partial charge in [-0.1, -0.05) is 37.7 Å². The minimum absolute atomic E-state index is 0.0718. The maximum absolute atomic E-state index is 13.1. The third-order valence-electron chi connectivity index (χ3n) is 4.68. The highest BCUT2D eigenvalue weighted by Crippen LogP contribution is 2.39. The van der Waals surface area contributed by atoms with Crippen LogP contribution < -0.4 is 0 Å². The topological polar surface area (TPSA) is 66.8 Å². The molecule has 3 atom stereocenters. The smallest absolute Gasteiger partial charge is 0.250 e. The number of thioether (sulfide) groups is 1. The summed E-state index contributed by atoms with van der Waals surface area (Å²) < 4.78 is 37.1. The zero-order valence-electron chi connectivity index (χ0n) is 14.2. The summed E-state index contributed by atoms with van der Waals surface area (Å²) in [7, 11) is -3.07. The molecule has 2 aliphatic rings. The van der Waals surface area contributed by atoms with E-state index in [4.69, 9.17) is 0 Å². The average Bonchev–Trinajstić information content (AvgIpc) is 3.01. The number of carbonyl (C=O) groups is 1. The number of nitrogens with zero attached hydrogens (tertiary/aromatic N) is 2. The predicted molar refractivity (Wildman–Crippen MR) is 97.7 cm³/mol. The second kappa shape index (κ2) is 7.07. The minimum Gasteiger partial charge on any atom is -0.342 e. The normalized spacial score (nSPS) is 27.5. The maximum Gasteiger partial charge on any atom is 0.250 e. The van der Waals surface area contributed by atoms with Gasteiger partial charge in [0.25, 0.3) is 5.91 Å². The molecule has 5 nitrogen and oxygen atoms in total.